The van der Waals surface area contributed by atoms with Crippen molar-refractivity contribution in [1.29, 1.82) is 0 Å². The number of benzene rings is 3. The standard InChI is InChI=1S/C34H30ClN3O7/c1-34(2,3)21-14-20(12-19-8-11-28-29(13-19)45-18-44-28)32-24(15-21)31(23-6-4-5-7-26(23)37-32)33(40)43-17-30(39)36-27-16-22(38(41)42)9-10-25(27)35/h4-13,16,21H,14-15,17-18H2,1-3H3,(H,36,39)/b20-12-/t21-/m0/s1. The average molecular weight is 628 g/mol. The maximum atomic E-state index is 13.9. The van der Waals surface area contributed by atoms with Crippen LogP contribution in [-0.2, 0) is 16.0 Å². The molecule has 45 heavy (non-hydrogen) atoms. The molecule has 0 fully saturated rings. The van der Waals surface area contributed by atoms with Gasteiger partial charge in [0.25, 0.3) is 11.6 Å². The van der Waals surface area contributed by atoms with Crippen LogP contribution in [0.3, 0.4) is 0 Å². The van der Waals surface area contributed by atoms with Gasteiger partial charge in [-0.3, -0.25) is 14.9 Å². The number of fused-ring (bicyclic) bond motifs is 3. The number of carbonyl (C=O) groups is 2. The Labute approximate surface area is 264 Å². The highest BCUT2D eigenvalue weighted by Gasteiger charge is 2.35. The van der Waals surface area contributed by atoms with Crippen molar-refractivity contribution in [3.63, 3.8) is 0 Å². The number of carbonyl (C=O) groups excluding carboxylic acids is 2. The number of para-hydroxylation sites is 1. The molecule has 0 saturated carbocycles. The fourth-order valence-electron chi connectivity index (χ4n) is 5.69. The summed E-state index contributed by atoms with van der Waals surface area (Å²) in [6.07, 6.45) is 3.41. The van der Waals surface area contributed by atoms with Crippen molar-refractivity contribution in [2.75, 3.05) is 18.7 Å². The van der Waals surface area contributed by atoms with E-state index < -0.39 is 23.4 Å². The van der Waals surface area contributed by atoms with Gasteiger partial charge in [-0.25, -0.2) is 9.78 Å². The number of non-ortho nitro benzene ring substituents is 1. The molecule has 10 nitrogen and oxygen atoms in total. The second kappa shape index (κ2) is 11.9. The molecule has 4 aromatic rings. The highest BCUT2D eigenvalue weighted by Crippen LogP contribution is 2.45. The molecule has 0 saturated heterocycles. The molecule has 0 radical (unpaired) electrons. The SMILES string of the molecule is CC(C)(C)[C@H]1C/C(=C/c2ccc3c(c2)OCO3)c2nc3ccccc3c(C(=O)OCC(=O)Nc3cc([N+](=O)[O-])ccc3Cl)c2C1. The third kappa shape index (κ3) is 6.19. The lowest BCUT2D eigenvalue weighted by atomic mass is 9.69. The van der Waals surface area contributed by atoms with Crippen molar-refractivity contribution in [2.24, 2.45) is 11.3 Å². The minimum Gasteiger partial charge on any atom is -0.454 e. The molecule has 1 aliphatic heterocycles. The van der Waals surface area contributed by atoms with Gasteiger partial charge in [-0.15, -0.1) is 0 Å². The molecule has 0 spiro atoms. The molecule has 2 aliphatic rings. The number of aromatic nitrogens is 1. The molecule has 6 rings (SSSR count). The summed E-state index contributed by atoms with van der Waals surface area (Å²) in [7, 11) is 0. The van der Waals surface area contributed by atoms with Gasteiger partial charge in [0.2, 0.25) is 6.79 Å². The Morgan fingerprint density at radius 1 is 1.09 bits per heavy atom. The number of pyridine rings is 1. The number of amides is 1. The summed E-state index contributed by atoms with van der Waals surface area (Å²) in [5.74, 6) is 0.197. The zero-order valence-corrected chi connectivity index (χ0v) is 25.6. The van der Waals surface area contributed by atoms with Crippen molar-refractivity contribution in [3.05, 3.63) is 98.2 Å². The molecule has 2 heterocycles. The van der Waals surface area contributed by atoms with Gasteiger partial charge in [0.15, 0.2) is 18.1 Å². The minimum atomic E-state index is -0.686. The summed E-state index contributed by atoms with van der Waals surface area (Å²) < 4.78 is 16.6. The topological polar surface area (TPSA) is 130 Å². The number of nitro groups is 1. The Morgan fingerprint density at radius 3 is 2.64 bits per heavy atom. The largest absolute Gasteiger partial charge is 0.454 e. The Kier molecular flexibility index (Phi) is 7.92. The van der Waals surface area contributed by atoms with Gasteiger partial charge in [0.05, 0.1) is 32.4 Å². The average Bonchev–Trinajstić information content (AvgIpc) is 3.47. The Balaban J connectivity index is 1.36. The summed E-state index contributed by atoms with van der Waals surface area (Å²) in [6.45, 7) is 6.09. The van der Waals surface area contributed by atoms with E-state index in [0.29, 0.717) is 40.1 Å². The van der Waals surface area contributed by atoms with Crippen LogP contribution < -0.4 is 14.8 Å². The Hall–Kier alpha value is -4.96. The van der Waals surface area contributed by atoms with Crippen molar-refractivity contribution >= 4 is 57.4 Å². The summed E-state index contributed by atoms with van der Waals surface area (Å²) in [5.41, 5.74) is 4.09. The molecule has 1 aliphatic carbocycles. The van der Waals surface area contributed by atoms with Gasteiger partial charge in [-0.2, -0.15) is 0 Å². The third-order valence-corrected chi connectivity index (χ3v) is 8.48. The van der Waals surface area contributed by atoms with E-state index in [1.165, 1.54) is 12.1 Å². The van der Waals surface area contributed by atoms with E-state index in [1.54, 1.807) is 0 Å². The van der Waals surface area contributed by atoms with Crippen LogP contribution in [0.25, 0.3) is 22.6 Å². The fraction of sp³-hybridized carbons (Fsp3) is 0.265. The fourth-order valence-corrected chi connectivity index (χ4v) is 5.85. The van der Waals surface area contributed by atoms with E-state index in [1.807, 2.05) is 42.5 Å². The van der Waals surface area contributed by atoms with Gasteiger partial charge in [-0.1, -0.05) is 56.6 Å². The molecular weight excluding hydrogens is 598 g/mol. The zero-order chi connectivity index (χ0) is 31.9. The van der Waals surface area contributed by atoms with Crippen LogP contribution in [0.15, 0.2) is 60.7 Å². The number of halogens is 1. The minimum absolute atomic E-state index is 0.0463. The Bertz CT molecular complexity index is 1900. The molecule has 1 aromatic heterocycles. The van der Waals surface area contributed by atoms with Crippen LogP contribution >= 0.6 is 11.6 Å². The van der Waals surface area contributed by atoms with Crippen LogP contribution in [0.1, 0.15) is 54.4 Å². The first-order valence-electron chi connectivity index (χ1n) is 14.4. The quantitative estimate of drug-likeness (QED) is 0.132. The number of esters is 1. The van der Waals surface area contributed by atoms with Gasteiger partial charge in [0, 0.05) is 17.5 Å². The number of nitrogens with one attached hydrogen (secondary N) is 1. The lowest BCUT2D eigenvalue weighted by Crippen LogP contribution is -2.29. The number of nitrogens with zero attached hydrogens (tertiary/aromatic N) is 2. The lowest BCUT2D eigenvalue weighted by molar-refractivity contribution is -0.384. The van der Waals surface area contributed by atoms with Crippen molar-refractivity contribution in [1.82, 2.24) is 4.98 Å². The number of nitro benzene ring substituents is 1. The van der Waals surface area contributed by atoms with Gasteiger partial charge >= 0.3 is 5.97 Å². The van der Waals surface area contributed by atoms with E-state index in [4.69, 9.17) is 30.8 Å². The predicted octanol–water partition coefficient (Wildman–Crippen LogP) is 7.47. The smallest absolute Gasteiger partial charge is 0.339 e. The molecule has 0 bridgehead atoms. The number of hydrogen-bond acceptors (Lipinski definition) is 8. The summed E-state index contributed by atoms with van der Waals surface area (Å²) in [6, 6.07) is 16.8. The summed E-state index contributed by atoms with van der Waals surface area (Å²) in [4.78, 5) is 42.2. The van der Waals surface area contributed by atoms with E-state index in [0.717, 1.165) is 29.2 Å². The summed E-state index contributed by atoms with van der Waals surface area (Å²) in [5, 5.41) is 14.4. The van der Waals surface area contributed by atoms with Gasteiger partial charge < -0.3 is 19.5 Å². The highest BCUT2D eigenvalue weighted by atomic mass is 35.5. The number of ether oxygens (including phenoxy) is 3. The molecule has 230 valence electrons. The zero-order valence-electron chi connectivity index (χ0n) is 24.9. The summed E-state index contributed by atoms with van der Waals surface area (Å²) >= 11 is 6.13. The lowest BCUT2D eigenvalue weighted by Gasteiger charge is -2.36. The van der Waals surface area contributed by atoms with E-state index in [2.05, 4.69) is 32.2 Å². The maximum Gasteiger partial charge on any atom is 0.339 e. The van der Waals surface area contributed by atoms with Gasteiger partial charge in [-0.05, 0) is 71.2 Å². The molecule has 3 aromatic carbocycles. The first-order chi connectivity index (χ1) is 21.5. The first-order valence-corrected chi connectivity index (χ1v) is 14.8. The monoisotopic (exact) mass is 627 g/mol. The van der Waals surface area contributed by atoms with Crippen LogP contribution in [0, 0.1) is 21.4 Å². The molecule has 0 unspecified atom stereocenters. The third-order valence-electron chi connectivity index (χ3n) is 8.15. The number of allylic oxidation sites excluding steroid dienone is 1. The predicted molar refractivity (Wildman–Crippen MR) is 170 cm³/mol. The molecule has 1 amide bonds. The van der Waals surface area contributed by atoms with E-state index >= 15 is 0 Å². The van der Waals surface area contributed by atoms with Crippen molar-refractivity contribution < 1.29 is 28.7 Å². The maximum absolute atomic E-state index is 13.9. The van der Waals surface area contributed by atoms with Crippen molar-refractivity contribution in [3.8, 4) is 11.5 Å². The molecular formula is C34H30ClN3O7. The first kappa shape index (κ1) is 30.1. The van der Waals surface area contributed by atoms with E-state index in [9.17, 15) is 19.7 Å². The van der Waals surface area contributed by atoms with Crippen LogP contribution in [0.4, 0.5) is 11.4 Å². The van der Waals surface area contributed by atoms with E-state index in [-0.39, 0.29) is 34.5 Å². The second-order valence-corrected chi connectivity index (χ2v) is 12.5. The van der Waals surface area contributed by atoms with Crippen LogP contribution in [0.2, 0.25) is 5.02 Å². The number of rotatable bonds is 6. The van der Waals surface area contributed by atoms with Crippen LogP contribution in [0.5, 0.6) is 11.5 Å². The number of hydrogen-bond donors (Lipinski definition) is 1. The molecule has 1 N–H and O–H groups in total. The van der Waals surface area contributed by atoms with Crippen molar-refractivity contribution in [2.45, 2.75) is 33.6 Å². The normalized spacial score (nSPS) is 16.4. The number of anilines is 1. The highest BCUT2D eigenvalue weighted by molar-refractivity contribution is 6.33. The van der Waals surface area contributed by atoms with Gasteiger partial charge in [0.1, 0.15) is 0 Å². The Morgan fingerprint density at radius 2 is 1.87 bits per heavy atom. The molecule has 11 heteroatoms. The molecule has 1 atom stereocenters. The second-order valence-electron chi connectivity index (χ2n) is 12.1. The van der Waals surface area contributed by atoms with Crippen LogP contribution in [-0.4, -0.2) is 35.2 Å².